The lowest BCUT2D eigenvalue weighted by Gasteiger charge is -2.28. The summed E-state index contributed by atoms with van der Waals surface area (Å²) in [6.07, 6.45) is 2.83. The van der Waals surface area contributed by atoms with Crippen molar-refractivity contribution in [2.45, 2.75) is 6.54 Å². The summed E-state index contributed by atoms with van der Waals surface area (Å²) >= 11 is 0. The van der Waals surface area contributed by atoms with E-state index in [1.54, 1.807) is 16.7 Å². The number of nitrogens with one attached hydrogen (secondary N) is 1. The number of aromatic nitrogens is 3. The van der Waals surface area contributed by atoms with Crippen molar-refractivity contribution < 1.29 is 23.4 Å². The summed E-state index contributed by atoms with van der Waals surface area (Å²) in [5, 5.41) is 12.0. The van der Waals surface area contributed by atoms with Gasteiger partial charge < -0.3 is 28.7 Å². The van der Waals surface area contributed by atoms with Gasteiger partial charge in [0.15, 0.2) is 0 Å². The van der Waals surface area contributed by atoms with Gasteiger partial charge in [0.2, 0.25) is 0 Å². The Morgan fingerprint density at radius 2 is 1.90 bits per heavy atom. The van der Waals surface area contributed by atoms with Crippen molar-refractivity contribution in [3.05, 3.63) is 94.5 Å². The number of hydrogen-bond donors (Lipinski definition) is 2. The third-order valence-corrected chi connectivity index (χ3v) is 7.46. The second-order valence-electron chi connectivity index (χ2n) is 9.70. The van der Waals surface area contributed by atoms with Crippen molar-refractivity contribution in [3.63, 3.8) is 0 Å². The molecule has 0 aliphatic carbocycles. The number of carboxylic acid groups (broad SMARTS) is 1. The molecule has 1 saturated heterocycles. The molecule has 6 aromatic rings. The van der Waals surface area contributed by atoms with Crippen molar-refractivity contribution in [3.8, 4) is 11.1 Å². The summed E-state index contributed by atoms with van der Waals surface area (Å²) in [6, 6.07) is 15.6. The largest absolute Gasteiger partial charge is 0.477 e. The molecule has 0 unspecified atom stereocenters. The number of ether oxygens (including phenoxy) is 1. The van der Waals surface area contributed by atoms with Gasteiger partial charge in [0, 0.05) is 36.8 Å². The van der Waals surface area contributed by atoms with Gasteiger partial charge in [-0.3, -0.25) is 4.79 Å². The smallest absolute Gasteiger partial charge is 0.353 e. The highest BCUT2D eigenvalue weighted by Crippen LogP contribution is 2.40. The van der Waals surface area contributed by atoms with Gasteiger partial charge in [0.1, 0.15) is 22.9 Å². The number of aromatic carboxylic acids is 1. The Kier molecular flexibility index (Phi) is 5.64. The van der Waals surface area contributed by atoms with Crippen LogP contribution >= 0.6 is 0 Å². The lowest BCUT2D eigenvalue weighted by molar-refractivity contribution is 0.0687. The van der Waals surface area contributed by atoms with Gasteiger partial charge in [-0.1, -0.05) is 18.2 Å². The molecule has 10 heteroatoms. The Bertz CT molecular complexity index is 2000. The van der Waals surface area contributed by atoms with Crippen LogP contribution in [0, 0.1) is 5.82 Å². The lowest BCUT2D eigenvalue weighted by Crippen LogP contribution is -2.36. The number of rotatable bonds is 5. The first kappa shape index (κ1) is 24.1. The lowest BCUT2D eigenvalue weighted by atomic mass is 10.0. The van der Waals surface area contributed by atoms with Crippen molar-refractivity contribution in [2.24, 2.45) is 0 Å². The number of fused-ring (bicyclic) bond motifs is 4. The number of H-pyrrole nitrogens is 1. The van der Waals surface area contributed by atoms with Gasteiger partial charge in [0.05, 0.1) is 46.8 Å². The molecule has 5 heterocycles. The monoisotopic (exact) mass is 538 g/mol. The van der Waals surface area contributed by atoms with Crippen LogP contribution in [0.15, 0.2) is 76.3 Å². The van der Waals surface area contributed by atoms with Crippen LogP contribution in [0.3, 0.4) is 0 Å². The van der Waals surface area contributed by atoms with E-state index in [0.29, 0.717) is 37.2 Å². The molecule has 4 aromatic heterocycles. The van der Waals surface area contributed by atoms with Crippen LogP contribution in [-0.2, 0) is 11.3 Å². The van der Waals surface area contributed by atoms with Crippen molar-refractivity contribution in [1.82, 2.24) is 14.5 Å². The molecule has 2 aromatic carbocycles. The highest BCUT2D eigenvalue weighted by molar-refractivity contribution is 6.17. The Hall–Kier alpha value is -4.96. The topological polar surface area (TPSA) is 114 Å². The molecule has 0 atom stereocenters. The van der Waals surface area contributed by atoms with E-state index in [9.17, 15) is 14.7 Å². The van der Waals surface area contributed by atoms with Crippen LogP contribution in [0.2, 0.25) is 0 Å². The zero-order valence-corrected chi connectivity index (χ0v) is 21.2. The summed E-state index contributed by atoms with van der Waals surface area (Å²) < 4.78 is 28.1. The number of benzene rings is 2. The molecular formula is C30H23FN4O5. The van der Waals surface area contributed by atoms with Crippen LogP contribution in [0.25, 0.3) is 43.9 Å². The molecule has 0 spiro atoms. The number of nitrogens with zero attached hydrogens (tertiary/aromatic N) is 3. The minimum Gasteiger partial charge on any atom is -0.477 e. The number of hydrogen-bond acceptors (Lipinski definition) is 6. The maximum absolute atomic E-state index is 15.3. The van der Waals surface area contributed by atoms with Crippen molar-refractivity contribution in [1.29, 1.82) is 0 Å². The zero-order valence-electron chi connectivity index (χ0n) is 21.2. The molecule has 1 aliphatic rings. The summed E-state index contributed by atoms with van der Waals surface area (Å²) in [5.74, 6) is -1.04. The second-order valence-corrected chi connectivity index (χ2v) is 9.70. The molecule has 200 valence electrons. The number of carboxylic acids is 1. The van der Waals surface area contributed by atoms with Crippen molar-refractivity contribution >= 4 is 44.6 Å². The molecular weight excluding hydrogens is 515 g/mol. The third kappa shape index (κ3) is 3.76. The van der Waals surface area contributed by atoms with E-state index < -0.39 is 17.3 Å². The van der Waals surface area contributed by atoms with Crippen LogP contribution in [0.5, 0.6) is 0 Å². The highest BCUT2D eigenvalue weighted by Gasteiger charge is 2.29. The van der Waals surface area contributed by atoms with Crippen LogP contribution in [0.1, 0.15) is 16.1 Å². The molecule has 0 bridgehead atoms. The second kappa shape index (κ2) is 9.35. The Labute approximate surface area is 226 Å². The summed E-state index contributed by atoms with van der Waals surface area (Å²) in [7, 11) is 0. The minimum atomic E-state index is -1.25. The van der Waals surface area contributed by atoms with Crippen LogP contribution in [0.4, 0.5) is 10.2 Å². The number of morpholine rings is 1. The van der Waals surface area contributed by atoms with E-state index in [-0.39, 0.29) is 34.3 Å². The van der Waals surface area contributed by atoms with Crippen LogP contribution < -0.4 is 10.5 Å². The first-order chi connectivity index (χ1) is 19.5. The molecule has 2 N–H and O–H groups in total. The number of para-hydroxylation sites is 1. The van der Waals surface area contributed by atoms with E-state index in [0.717, 1.165) is 22.3 Å². The first-order valence-corrected chi connectivity index (χ1v) is 12.9. The molecule has 1 aliphatic heterocycles. The summed E-state index contributed by atoms with van der Waals surface area (Å²) in [4.78, 5) is 35.5. The predicted molar refractivity (Wildman–Crippen MR) is 149 cm³/mol. The van der Waals surface area contributed by atoms with Gasteiger partial charge in [0.25, 0.3) is 5.56 Å². The number of aromatic amines is 1. The fourth-order valence-corrected chi connectivity index (χ4v) is 5.66. The number of halogens is 1. The predicted octanol–water partition coefficient (Wildman–Crippen LogP) is 5.01. The quantitative estimate of drug-likeness (QED) is 0.317. The maximum atomic E-state index is 15.3. The van der Waals surface area contributed by atoms with Gasteiger partial charge in [-0.15, -0.1) is 0 Å². The van der Waals surface area contributed by atoms with E-state index in [4.69, 9.17) is 14.1 Å². The average molecular weight is 539 g/mol. The van der Waals surface area contributed by atoms with Gasteiger partial charge >= 0.3 is 5.97 Å². The maximum Gasteiger partial charge on any atom is 0.353 e. The van der Waals surface area contributed by atoms with Gasteiger partial charge in [-0.25, -0.2) is 14.2 Å². The van der Waals surface area contributed by atoms with E-state index in [1.807, 2.05) is 30.3 Å². The molecule has 0 radical (unpaired) electrons. The fraction of sp³-hybridized carbons (Fsp3) is 0.167. The first-order valence-electron chi connectivity index (χ1n) is 12.9. The fourth-order valence-electron chi connectivity index (χ4n) is 5.66. The summed E-state index contributed by atoms with van der Waals surface area (Å²) in [6.45, 7) is 2.63. The number of pyridine rings is 2. The molecule has 9 nitrogen and oxygen atoms in total. The van der Waals surface area contributed by atoms with E-state index >= 15 is 4.39 Å². The molecule has 0 saturated carbocycles. The Morgan fingerprint density at radius 3 is 2.70 bits per heavy atom. The Balaban J connectivity index is 1.54. The molecule has 0 amide bonds. The normalized spacial score (nSPS) is 14.0. The third-order valence-electron chi connectivity index (χ3n) is 7.46. The SMILES string of the molecule is O=C(O)c1c(-c2ccc[nH]c2=O)c2c3occc3c(F)cc2n1Cc1cc(N2CCOCC2)nc2ccccc12. The van der Waals surface area contributed by atoms with Gasteiger partial charge in [-0.05, 0) is 42.0 Å². The summed E-state index contributed by atoms with van der Waals surface area (Å²) in [5.41, 5.74) is 1.79. The van der Waals surface area contributed by atoms with E-state index in [2.05, 4.69) is 9.88 Å². The minimum absolute atomic E-state index is 0.0922. The standard InChI is InChI=1S/C30H23FN4O5/c31-21-15-23-26(28-19(21)7-11-40-28)25(20-5-3-8-32-29(20)36)27(30(37)38)35(23)16-17-14-24(34-9-12-39-13-10-34)33-22-6-2-1-4-18(17)22/h1-8,11,14-15H,9-10,12-13,16H2,(H,32,36)(H,37,38). The number of furan rings is 1. The number of anilines is 1. The Morgan fingerprint density at radius 1 is 1.07 bits per heavy atom. The highest BCUT2D eigenvalue weighted by atomic mass is 19.1. The van der Waals surface area contributed by atoms with E-state index in [1.165, 1.54) is 24.6 Å². The van der Waals surface area contributed by atoms with Crippen molar-refractivity contribution in [2.75, 3.05) is 31.2 Å². The molecule has 1 fully saturated rings. The van der Waals surface area contributed by atoms with Crippen LogP contribution in [-0.4, -0.2) is 51.9 Å². The number of carbonyl (C=O) groups is 1. The van der Waals surface area contributed by atoms with Gasteiger partial charge in [-0.2, -0.15) is 0 Å². The molecule has 7 rings (SSSR count). The average Bonchev–Trinajstić information content (AvgIpc) is 3.58. The molecule has 40 heavy (non-hydrogen) atoms. The zero-order chi connectivity index (χ0) is 27.4.